The number of aromatic nitrogens is 1. The summed E-state index contributed by atoms with van der Waals surface area (Å²) in [5.41, 5.74) is 11.7. The number of hydrogen-bond donors (Lipinski definition) is 3. The van der Waals surface area contributed by atoms with Crippen LogP contribution in [-0.4, -0.2) is 40.8 Å². The summed E-state index contributed by atoms with van der Waals surface area (Å²) in [7, 11) is 0. The Morgan fingerprint density at radius 1 is 1.03 bits per heavy atom. The van der Waals surface area contributed by atoms with Crippen LogP contribution in [-0.2, 0) is 4.79 Å². The SMILES string of the molecule is C1CCCCC1.CC(C)N1CCC(C(N)=O)CC1.NC(=O)c1ccc2c(Cl)c[nH]c2c1. The third kappa shape index (κ3) is 8.19. The molecule has 2 amide bonds. The van der Waals surface area contributed by atoms with Gasteiger partial charge in [0.05, 0.1) is 5.02 Å². The van der Waals surface area contributed by atoms with Crippen molar-refractivity contribution in [1.82, 2.24) is 9.88 Å². The van der Waals surface area contributed by atoms with E-state index in [1.807, 2.05) is 0 Å². The highest BCUT2D eigenvalue weighted by Gasteiger charge is 2.23. The normalized spacial score (nSPS) is 17.4. The minimum Gasteiger partial charge on any atom is -0.369 e. The van der Waals surface area contributed by atoms with E-state index in [9.17, 15) is 9.59 Å². The molecular weight excluding hydrogens is 412 g/mol. The number of benzene rings is 1. The van der Waals surface area contributed by atoms with Gasteiger partial charge in [0.25, 0.3) is 0 Å². The van der Waals surface area contributed by atoms with Crippen molar-refractivity contribution in [3.05, 3.63) is 35.0 Å². The van der Waals surface area contributed by atoms with Crippen molar-refractivity contribution in [3.8, 4) is 0 Å². The number of carbonyl (C=O) groups is 2. The summed E-state index contributed by atoms with van der Waals surface area (Å²) in [6.07, 6.45) is 12.6. The zero-order chi connectivity index (χ0) is 22.8. The van der Waals surface area contributed by atoms with Crippen molar-refractivity contribution >= 4 is 34.3 Å². The first-order chi connectivity index (χ1) is 14.8. The fourth-order valence-electron chi connectivity index (χ4n) is 4.01. The van der Waals surface area contributed by atoms with Gasteiger partial charge in [-0.25, -0.2) is 0 Å². The summed E-state index contributed by atoms with van der Waals surface area (Å²) in [6.45, 7) is 6.41. The van der Waals surface area contributed by atoms with E-state index in [4.69, 9.17) is 23.1 Å². The molecule has 6 nitrogen and oxygen atoms in total. The predicted octanol–water partition coefficient (Wildman–Crippen LogP) is 4.85. The number of amides is 2. The van der Waals surface area contributed by atoms with Gasteiger partial charge in [0.1, 0.15) is 0 Å². The van der Waals surface area contributed by atoms with Crippen LogP contribution in [0.2, 0.25) is 5.02 Å². The first kappa shape index (κ1) is 25.2. The Kier molecular flexibility index (Phi) is 10.3. The van der Waals surface area contributed by atoms with Crippen molar-refractivity contribution in [2.24, 2.45) is 17.4 Å². The van der Waals surface area contributed by atoms with Gasteiger partial charge >= 0.3 is 0 Å². The van der Waals surface area contributed by atoms with Gasteiger partial charge < -0.3 is 21.4 Å². The number of likely N-dealkylation sites (tertiary alicyclic amines) is 1. The molecular formula is C24H37ClN4O2. The molecule has 1 aromatic carbocycles. The Bertz CT molecular complexity index is 826. The first-order valence-corrected chi connectivity index (χ1v) is 11.8. The third-order valence-corrected chi connectivity index (χ3v) is 6.39. The Morgan fingerprint density at radius 3 is 2.03 bits per heavy atom. The van der Waals surface area contributed by atoms with Crippen molar-refractivity contribution in [2.75, 3.05) is 13.1 Å². The van der Waals surface area contributed by atoms with Crippen molar-refractivity contribution < 1.29 is 9.59 Å². The largest absolute Gasteiger partial charge is 0.369 e. The molecule has 172 valence electrons. The maximum atomic E-state index is 10.8. The Morgan fingerprint density at radius 2 is 1.58 bits per heavy atom. The van der Waals surface area contributed by atoms with E-state index < -0.39 is 5.91 Å². The van der Waals surface area contributed by atoms with Gasteiger partial charge in [0.2, 0.25) is 11.8 Å². The number of fused-ring (bicyclic) bond motifs is 1. The van der Waals surface area contributed by atoms with Gasteiger partial charge in [0, 0.05) is 34.6 Å². The van der Waals surface area contributed by atoms with Crippen LogP contribution >= 0.6 is 11.6 Å². The van der Waals surface area contributed by atoms with Crippen LogP contribution in [0.4, 0.5) is 0 Å². The lowest BCUT2D eigenvalue weighted by Gasteiger charge is -2.33. The summed E-state index contributed by atoms with van der Waals surface area (Å²) in [5, 5.41) is 1.54. The summed E-state index contributed by atoms with van der Waals surface area (Å²) >= 11 is 5.86. The number of hydrogen-bond acceptors (Lipinski definition) is 3. The van der Waals surface area contributed by atoms with E-state index in [1.54, 1.807) is 24.4 Å². The molecule has 2 fully saturated rings. The van der Waals surface area contributed by atoms with Crippen LogP contribution < -0.4 is 11.5 Å². The minimum absolute atomic E-state index is 0.125. The highest BCUT2D eigenvalue weighted by Crippen LogP contribution is 2.23. The number of nitrogens with two attached hydrogens (primary N) is 2. The first-order valence-electron chi connectivity index (χ1n) is 11.4. The molecule has 1 aliphatic carbocycles. The quantitative estimate of drug-likeness (QED) is 0.624. The second-order valence-electron chi connectivity index (χ2n) is 8.69. The molecule has 0 spiro atoms. The molecule has 1 aliphatic heterocycles. The predicted molar refractivity (Wildman–Crippen MR) is 128 cm³/mol. The molecule has 0 bridgehead atoms. The van der Waals surface area contributed by atoms with Crippen LogP contribution in [0.5, 0.6) is 0 Å². The molecule has 4 rings (SSSR count). The van der Waals surface area contributed by atoms with Crippen LogP contribution in [0, 0.1) is 5.92 Å². The standard InChI is InChI=1S/C9H7ClN2O.C9H18N2O.C6H12/c10-7-4-12-8-3-5(9(11)13)1-2-6(7)8;1-7(2)11-5-3-8(4-6-11)9(10)12;1-2-4-6-5-3-1/h1-4,12H,(H2,11,13);7-8H,3-6H2,1-2H3,(H2,10,12);1-6H2. The van der Waals surface area contributed by atoms with E-state index >= 15 is 0 Å². The highest BCUT2D eigenvalue weighted by molar-refractivity contribution is 6.35. The monoisotopic (exact) mass is 448 g/mol. The zero-order valence-corrected chi connectivity index (χ0v) is 19.6. The average Bonchev–Trinajstić information content (AvgIpc) is 3.16. The number of carbonyl (C=O) groups excluding carboxylic acids is 2. The topological polar surface area (TPSA) is 105 Å². The number of nitrogens with one attached hydrogen (secondary N) is 1. The number of nitrogens with zero attached hydrogens (tertiary/aromatic N) is 1. The number of aromatic amines is 1. The lowest BCUT2D eigenvalue weighted by Crippen LogP contribution is -2.41. The van der Waals surface area contributed by atoms with Gasteiger partial charge in [-0.15, -0.1) is 0 Å². The third-order valence-electron chi connectivity index (χ3n) is 6.08. The Hall–Kier alpha value is -2.05. The molecule has 1 aromatic heterocycles. The summed E-state index contributed by atoms with van der Waals surface area (Å²) < 4.78 is 0. The van der Waals surface area contributed by atoms with Crippen LogP contribution in [0.25, 0.3) is 10.9 Å². The van der Waals surface area contributed by atoms with Gasteiger partial charge in [-0.05, 0) is 51.9 Å². The van der Waals surface area contributed by atoms with Gasteiger partial charge in [0.15, 0.2) is 0 Å². The second-order valence-corrected chi connectivity index (χ2v) is 9.10. The molecule has 5 N–H and O–H groups in total. The van der Waals surface area contributed by atoms with Crippen molar-refractivity contribution in [3.63, 3.8) is 0 Å². The maximum Gasteiger partial charge on any atom is 0.248 e. The second kappa shape index (κ2) is 12.7. The van der Waals surface area contributed by atoms with Gasteiger partial charge in [-0.1, -0.05) is 56.2 Å². The maximum absolute atomic E-state index is 10.8. The molecule has 1 saturated carbocycles. The van der Waals surface area contributed by atoms with Gasteiger partial charge in [-0.3, -0.25) is 9.59 Å². The fourth-order valence-corrected chi connectivity index (χ4v) is 4.22. The van der Waals surface area contributed by atoms with E-state index in [0.29, 0.717) is 16.6 Å². The molecule has 7 heteroatoms. The summed E-state index contributed by atoms with van der Waals surface area (Å²) in [6, 6.07) is 5.71. The molecule has 1 saturated heterocycles. The molecule has 31 heavy (non-hydrogen) atoms. The van der Waals surface area contributed by atoms with E-state index in [2.05, 4.69) is 23.7 Å². The van der Waals surface area contributed by atoms with Crippen molar-refractivity contribution in [2.45, 2.75) is 71.3 Å². The molecule has 2 aromatic rings. The van der Waals surface area contributed by atoms with E-state index in [-0.39, 0.29) is 11.8 Å². The van der Waals surface area contributed by atoms with Crippen LogP contribution in [0.1, 0.15) is 75.6 Å². The zero-order valence-electron chi connectivity index (χ0n) is 18.8. The summed E-state index contributed by atoms with van der Waals surface area (Å²) in [4.78, 5) is 27.0. The summed E-state index contributed by atoms with van der Waals surface area (Å²) in [5.74, 6) is -0.439. The number of primary amides is 2. The van der Waals surface area contributed by atoms with Gasteiger partial charge in [-0.2, -0.15) is 0 Å². The Balaban J connectivity index is 0.000000176. The van der Waals surface area contributed by atoms with Crippen LogP contribution in [0.3, 0.4) is 0 Å². The van der Waals surface area contributed by atoms with E-state index in [1.165, 1.54) is 38.5 Å². The smallest absolute Gasteiger partial charge is 0.248 e. The number of H-pyrrole nitrogens is 1. The molecule has 0 unspecified atom stereocenters. The lowest BCUT2D eigenvalue weighted by molar-refractivity contribution is -0.123. The highest BCUT2D eigenvalue weighted by atomic mass is 35.5. The molecule has 0 atom stereocenters. The Labute approximate surface area is 190 Å². The number of rotatable bonds is 3. The molecule has 2 aliphatic rings. The minimum atomic E-state index is -0.437. The number of piperidine rings is 1. The number of halogens is 1. The molecule has 0 radical (unpaired) electrons. The molecule has 2 heterocycles. The lowest BCUT2D eigenvalue weighted by atomic mass is 9.95. The fraction of sp³-hybridized carbons (Fsp3) is 0.583. The average molecular weight is 449 g/mol. The van der Waals surface area contributed by atoms with E-state index in [0.717, 1.165) is 36.8 Å². The van der Waals surface area contributed by atoms with Crippen LogP contribution in [0.15, 0.2) is 24.4 Å². The van der Waals surface area contributed by atoms with Crippen molar-refractivity contribution in [1.29, 1.82) is 0 Å².